The lowest BCUT2D eigenvalue weighted by Crippen LogP contribution is -2.57. The van der Waals surface area contributed by atoms with Crippen LogP contribution in [0.4, 0.5) is 5.82 Å². The zero-order chi connectivity index (χ0) is 20.3. The Morgan fingerprint density at radius 1 is 0.893 bits per heavy atom. The van der Waals surface area contributed by atoms with Gasteiger partial charge in [-0.25, -0.2) is 4.98 Å². The molecule has 2 aromatic heterocycles. The molecule has 2 aromatic rings. The molecule has 4 heterocycles. The van der Waals surface area contributed by atoms with E-state index in [-0.39, 0.29) is 17.7 Å². The predicted molar refractivity (Wildman–Crippen MR) is 111 cm³/mol. The lowest BCUT2D eigenvalue weighted by atomic mass is 9.23. The van der Waals surface area contributed by atoms with E-state index in [1.165, 1.54) is 0 Å². The first-order chi connectivity index (χ1) is 13.1. The predicted octanol–water partition coefficient (Wildman–Crippen LogP) is -1.30. The summed E-state index contributed by atoms with van der Waals surface area (Å²) in [5, 5.41) is -4.02. The highest BCUT2D eigenvalue weighted by Gasteiger charge is 2.55. The number of hydrogen-bond donors (Lipinski definition) is 0. The maximum absolute atomic E-state index is 6.19. The van der Waals surface area contributed by atoms with Crippen molar-refractivity contribution in [2.24, 2.45) is 0 Å². The zero-order valence-corrected chi connectivity index (χ0v) is 15.9. The van der Waals surface area contributed by atoms with E-state index in [2.05, 4.69) is 15.0 Å². The van der Waals surface area contributed by atoms with Crippen molar-refractivity contribution in [3.8, 4) is 0 Å². The summed E-state index contributed by atoms with van der Waals surface area (Å²) in [7, 11) is 36.2. The number of rotatable bonds is 3. The number of morpholine rings is 1. The van der Waals surface area contributed by atoms with Gasteiger partial charge in [0.25, 0.3) is 0 Å². The Morgan fingerprint density at radius 3 is 2.14 bits per heavy atom. The average molecular weight is 383 g/mol. The van der Waals surface area contributed by atoms with Crippen LogP contribution >= 0.6 is 11.6 Å². The van der Waals surface area contributed by atoms with E-state index >= 15 is 0 Å². The average Bonchev–Trinajstić information content (AvgIpc) is 2.98. The van der Waals surface area contributed by atoms with Crippen molar-refractivity contribution in [2.75, 3.05) is 37.8 Å². The third-order valence-corrected chi connectivity index (χ3v) is 5.20. The topological polar surface area (TPSA) is 65.3 Å². The largest absolute Gasteiger partial charge is 0.378 e. The van der Waals surface area contributed by atoms with Gasteiger partial charge in [0.2, 0.25) is 5.28 Å². The van der Waals surface area contributed by atoms with Gasteiger partial charge in [0.05, 0.1) is 72.5 Å². The van der Waals surface area contributed by atoms with Gasteiger partial charge in [-0.15, -0.1) is 0 Å². The van der Waals surface area contributed by atoms with Gasteiger partial charge in [0.1, 0.15) is 5.82 Å². The Hall–Kier alpha value is -1.05. The summed E-state index contributed by atoms with van der Waals surface area (Å²) in [5.41, 5.74) is -0.976. The molecule has 0 aliphatic carbocycles. The normalized spacial score (nSPS) is 20.2. The first kappa shape index (κ1) is 20.2. The monoisotopic (exact) mass is 383 g/mol. The van der Waals surface area contributed by atoms with E-state index < -0.39 is 15.8 Å². The van der Waals surface area contributed by atoms with E-state index in [1.54, 1.807) is 4.57 Å². The fraction of sp³-hybridized carbons (Fsp3) is 0.643. The van der Waals surface area contributed by atoms with Crippen molar-refractivity contribution in [1.29, 1.82) is 0 Å². The highest BCUT2D eigenvalue weighted by atomic mass is 35.5. The van der Waals surface area contributed by atoms with Crippen LogP contribution in [-0.4, -0.2) is 99.5 Å². The van der Waals surface area contributed by atoms with Crippen molar-refractivity contribution < 1.29 is 9.47 Å². The first-order valence-corrected chi connectivity index (χ1v) is 9.08. The maximum atomic E-state index is 6.19. The van der Waals surface area contributed by atoms with Crippen molar-refractivity contribution in [3.63, 3.8) is 0 Å². The molecule has 7 nitrogen and oxygen atoms in total. The Labute approximate surface area is 176 Å². The van der Waals surface area contributed by atoms with E-state index in [4.69, 9.17) is 68.2 Å². The standard InChI is InChI=1S/C14H12B6ClN5O2/c15-13(16,17)12(14(18,19)20)10-22-7-8(25-1-4-27-5-2-25)23-11(21)24-9(7)26(10)3-6-28-12/h1-6H2. The Morgan fingerprint density at radius 2 is 1.54 bits per heavy atom. The quantitative estimate of drug-likeness (QED) is 0.486. The molecule has 0 atom stereocenters. The van der Waals surface area contributed by atoms with E-state index in [0.717, 1.165) is 0 Å². The molecule has 4 rings (SSSR count). The van der Waals surface area contributed by atoms with Crippen molar-refractivity contribution in [1.82, 2.24) is 19.5 Å². The lowest BCUT2D eigenvalue weighted by Gasteiger charge is -2.56. The van der Waals surface area contributed by atoms with Crippen LogP contribution in [0.25, 0.3) is 11.2 Å². The smallest absolute Gasteiger partial charge is 0.226 e. The number of halogens is 1. The highest BCUT2D eigenvalue weighted by Crippen LogP contribution is 2.55. The maximum Gasteiger partial charge on any atom is 0.226 e. The molecule has 0 aromatic carbocycles. The summed E-state index contributed by atoms with van der Waals surface area (Å²) in [6, 6.07) is 0. The second-order valence-corrected chi connectivity index (χ2v) is 7.41. The van der Waals surface area contributed by atoms with Gasteiger partial charge in [-0.1, -0.05) is 10.2 Å². The number of fused-ring (bicyclic) bond motifs is 3. The molecule has 1 saturated heterocycles. The van der Waals surface area contributed by atoms with Crippen LogP contribution in [0.5, 0.6) is 0 Å². The van der Waals surface area contributed by atoms with Gasteiger partial charge < -0.3 is 18.9 Å². The van der Waals surface area contributed by atoms with Gasteiger partial charge in [0, 0.05) is 19.6 Å². The molecule has 130 valence electrons. The molecule has 0 amide bonds. The SMILES string of the molecule is [B]C([B])([B])C1(C([B])([B])[B])OCCn2c1nc1c(N3CCOCC3)nc(Cl)nc12. The van der Waals surface area contributed by atoms with Crippen LogP contribution in [0.1, 0.15) is 5.82 Å². The van der Waals surface area contributed by atoms with Crippen molar-refractivity contribution in [2.45, 2.75) is 22.4 Å². The first-order valence-electron chi connectivity index (χ1n) is 8.70. The highest BCUT2D eigenvalue weighted by molar-refractivity contribution is 6.65. The molecule has 14 heteroatoms. The summed E-state index contributed by atoms with van der Waals surface area (Å²) >= 11 is 6.19. The molecule has 1 fully saturated rings. The van der Waals surface area contributed by atoms with E-state index in [0.29, 0.717) is 49.8 Å². The second-order valence-electron chi connectivity index (χ2n) is 7.07. The third-order valence-electron chi connectivity index (χ3n) is 5.03. The Kier molecular flexibility index (Phi) is 4.87. The molecule has 0 bridgehead atoms. The number of aromatic nitrogens is 4. The van der Waals surface area contributed by atoms with Gasteiger partial charge >= 0.3 is 0 Å². The van der Waals surface area contributed by atoms with Crippen LogP contribution in [0, 0.1) is 0 Å². The van der Waals surface area contributed by atoms with E-state index in [1.807, 2.05) is 4.90 Å². The van der Waals surface area contributed by atoms with Crippen LogP contribution in [0.15, 0.2) is 0 Å². The van der Waals surface area contributed by atoms with Gasteiger partial charge in [0.15, 0.2) is 17.0 Å². The van der Waals surface area contributed by atoms with Gasteiger partial charge in [-0.2, -0.15) is 9.97 Å². The number of imidazole rings is 1. The number of ether oxygens (including phenoxy) is 2. The van der Waals surface area contributed by atoms with Crippen molar-refractivity contribution in [3.05, 3.63) is 11.1 Å². The molecule has 2 aliphatic rings. The summed E-state index contributed by atoms with van der Waals surface area (Å²) in [6.07, 6.45) is 0. The number of nitrogens with zero attached hydrogens (tertiary/aromatic N) is 5. The van der Waals surface area contributed by atoms with E-state index in [9.17, 15) is 0 Å². The minimum absolute atomic E-state index is 0.0628. The second kappa shape index (κ2) is 6.74. The lowest BCUT2D eigenvalue weighted by molar-refractivity contribution is -0.0798. The molecule has 2 aliphatic heterocycles. The number of anilines is 1. The van der Waals surface area contributed by atoms with Crippen LogP contribution in [0.3, 0.4) is 0 Å². The Bertz CT molecular complexity index is 894. The van der Waals surface area contributed by atoms with Gasteiger partial charge in [-0.05, 0) is 11.6 Å². The van der Waals surface area contributed by atoms with Crippen LogP contribution < -0.4 is 4.90 Å². The fourth-order valence-electron chi connectivity index (χ4n) is 3.80. The summed E-state index contributed by atoms with van der Waals surface area (Å²) in [5.74, 6) is 0.710. The zero-order valence-electron chi connectivity index (χ0n) is 15.1. The molecule has 28 heavy (non-hydrogen) atoms. The number of hydrogen-bond acceptors (Lipinski definition) is 6. The molecule has 0 saturated carbocycles. The molecule has 12 radical (unpaired) electrons. The summed E-state index contributed by atoms with van der Waals surface area (Å²) < 4.78 is 12.9. The fourth-order valence-corrected chi connectivity index (χ4v) is 3.96. The van der Waals surface area contributed by atoms with Crippen LogP contribution in [-0.2, 0) is 21.6 Å². The summed E-state index contributed by atoms with van der Waals surface area (Å²) in [4.78, 5) is 15.3. The minimum Gasteiger partial charge on any atom is -0.378 e. The molecular weight excluding hydrogens is 371 g/mol. The minimum atomic E-state index is -2.04. The molecule has 0 spiro atoms. The third kappa shape index (κ3) is 2.92. The molecular formula is C14H12B6ClN5O2. The molecule has 0 N–H and O–H groups in total. The van der Waals surface area contributed by atoms with Gasteiger partial charge in [-0.3, -0.25) is 0 Å². The Balaban J connectivity index is 2.00. The molecule has 0 unspecified atom stereocenters. The van der Waals surface area contributed by atoms with Crippen molar-refractivity contribution >= 4 is 75.7 Å². The summed E-state index contributed by atoms with van der Waals surface area (Å²) in [6.45, 7) is 2.85. The van der Waals surface area contributed by atoms with Crippen LogP contribution in [0.2, 0.25) is 15.5 Å².